The van der Waals surface area contributed by atoms with Gasteiger partial charge >= 0.3 is 0 Å². The van der Waals surface area contributed by atoms with E-state index >= 15 is 0 Å². The fourth-order valence-corrected chi connectivity index (χ4v) is 5.07. The van der Waals surface area contributed by atoms with Crippen molar-refractivity contribution in [3.63, 3.8) is 0 Å². The minimum Gasteiger partial charge on any atom is -0.508 e. The molecule has 3 aliphatic rings. The molecule has 0 aliphatic carbocycles. The molecule has 41 heavy (non-hydrogen) atoms. The first-order chi connectivity index (χ1) is 19.5. The van der Waals surface area contributed by atoms with Crippen molar-refractivity contribution in [2.24, 2.45) is 0 Å². The summed E-state index contributed by atoms with van der Waals surface area (Å²) in [4.78, 5) is 12.9. The van der Waals surface area contributed by atoms with Gasteiger partial charge in [0.2, 0.25) is 6.29 Å². The molecule has 2 aromatic rings. The van der Waals surface area contributed by atoms with E-state index in [1.54, 1.807) is 12.1 Å². The number of carbonyl (C=O) groups excluding carboxylic acids is 1. The van der Waals surface area contributed by atoms with Crippen LogP contribution in [-0.2, 0) is 14.2 Å². The Morgan fingerprint density at radius 1 is 0.878 bits per heavy atom. The van der Waals surface area contributed by atoms with Gasteiger partial charge in [0.25, 0.3) is 0 Å². The van der Waals surface area contributed by atoms with Gasteiger partial charge in [0.1, 0.15) is 71.3 Å². The number of ether oxygens (including phenoxy) is 5. The smallest absolute Gasteiger partial charge is 0.229 e. The van der Waals surface area contributed by atoms with Crippen molar-refractivity contribution in [3.8, 4) is 23.0 Å². The van der Waals surface area contributed by atoms with Gasteiger partial charge in [-0.15, -0.1) is 0 Å². The van der Waals surface area contributed by atoms with Crippen molar-refractivity contribution < 1.29 is 69.3 Å². The molecule has 8 N–H and O–H groups in total. The fraction of sp³-hybridized carbons (Fsp3) is 0.519. The van der Waals surface area contributed by atoms with E-state index in [0.29, 0.717) is 5.56 Å². The molecule has 14 nitrogen and oxygen atoms in total. The maximum absolute atomic E-state index is 12.9. The van der Waals surface area contributed by atoms with E-state index < -0.39 is 85.7 Å². The number of fused-ring (bicyclic) bond motifs is 1. The lowest BCUT2D eigenvalue weighted by Gasteiger charge is -2.45. The van der Waals surface area contributed by atoms with Crippen LogP contribution in [0.25, 0.3) is 0 Å². The van der Waals surface area contributed by atoms with Gasteiger partial charge in [-0.3, -0.25) is 4.79 Å². The first kappa shape index (κ1) is 29.4. The van der Waals surface area contributed by atoms with Crippen molar-refractivity contribution in [2.45, 2.75) is 80.9 Å². The Morgan fingerprint density at radius 2 is 1.59 bits per heavy atom. The van der Waals surface area contributed by atoms with Crippen LogP contribution >= 0.6 is 0 Å². The van der Waals surface area contributed by atoms with Gasteiger partial charge in [-0.25, -0.2) is 0 Å². The average Bonchev–Trinajstić information content (AvgIpc) is 2.94. The van der Waals surface area contributed by atoms with E-state index in [4.69, 9.17) is 23.7 Å². The highest BCUT2D eigenvalue weighted by atomic mass is 16.8. The van der Waals surface area contributed by atoms with Gasteiger partial charge < -0.3 is 64.5 Å². The molecule has 0 radical (unpaired) electrons. The summed E-state index contributed by atoms with van der Waals surface area (Å²) in [6, 6.07) is 8.50. The number of Topliss-reactive ketones (excluding diaryl/α,β-unsaturated/α-hetero) is 1. The van der Waals surface area contributed by atoms with E-state index in [9.17, 15) is 45.6 Å². The van der Waals surface area contributed by atoms with Gasteiger partial charge in [-0.2, -0.15) is 0 Å². The lowest BCUT2D eigenvalue weighted by atomic mass is 9.95. The molecule has 3 aliphatic heterocycles. The third-order valence-corrected chi connectivity index (χ3v) is 7.42. The van der Waals surface area contributed by atoms with Crippen LogP contribution < -0.4 is 9.47 Å². The molecule has 2 aromatic carbocycles. The highest BCUT2D eigenvalue weighted by Crippen LogP contribution is 2.43. The van der Waals surface area contributed by atoms with Crippen LogP contribution in [0.5, 0.6) is 23.0 Å². The lowest BCUT2D eigenvalue weighted by molar-refractivity contribution is -0.354. The second-order valence-corrected chi connectivity index (χ2v) is 10.2. The predicted molar refractivity (Wildman–Crippen MR) is 134 cm³/mol. The number of phenolic OH excluding ortho intramolecular Hbond substituents is 2. The van der Waals surface area contributed by atoms with E-state index in [1.165, 1.54) is 25.1 Å². The van der Waals surface area contributed by atoms with E-state index in [1.807, 2.05) is 0 Å². The van der Waals surface area contributed by atoms with Crippen molar-refractivity contribution in [1.29, 1.82) is 0 Å². The number of rotatable bonds is 6. The second kappa shape index (κ2) is 11.7. The van der Waals surface area contributed by atoms with Crippen LogP contribution in [0.2, 0.25) is 0 Å². The minimum atomic E-state index is -1.75. The number of aliphatic hydroxyl groups excluding tert-OH is 6. The summed E-state index contributed by atoms with van der Waals surface area (Å²) in [5, 5.41) is 81.6. The summed E-state index contributed by atoms with van der Waals surface area (Å²) in [5.41, 5.74) is 0.529. The molecular weight excluding hydrogens is 548 g/mol. The quantitative estimate of drug-likeness (QED) is 0.202. The normalized spacial score (nSPS) is 37.2. The van der Waals surface area contributed by atoms with Gasteiger partial charge in [0, 0.05) is 12.1 Å². The van der Waals surface area contributed by atoms with Gasteiger partial charge in [-0.05, 0) is 24.6 Å². The fourth-order valence-electron chi connectivity index (χ4n) is 5.07. The molecule has 14 heteroatoms. The number of hydrogen-bond donors (Lipinski definition) is 8. The van der Waals surface area contributed by atoms with Crippen molar-refractivity contribution >= 4 is 5.78 Å². The Labute approximate surface area is 233 Å². The molecular formula is C27H32O14. The number of phenols is 2. The van der Waals surface area contributed by atoms with E-state index in [-0.39, 0.29) is 29.2 Å². The molecule has 0 saturated carbocycles. The molecule has 0 spiro atoms. The standard InChI is InChI=1S/C27H32O14/c1-10-20(32)22(34)24(36)26(37-10)41-25-23(35)21(33)18(9-28)40-27(25)38-13-6-14(30)19-15(31)8-16(39-17(19)7-13)11-2-4-12(29)5-3-11/h2-7,10,16,18,20-30,32-36H,8-9H2,1H3/t10-,16-,18-,20-,21+,22-,23+,24-,25+,26-,27+/m0/s1. The predicted octanol–water partition coefficient (Wildman–Crippen LogP) is -1.17. The number of aromatic hydroxyl groups is 2. The highest BCUT2D eigenvalue weighted by Gasteiger charge is 2.51. The average molecular weight is 581 g/mol. The zero-order valence-corrected chi connectivity index (χ0v) is 21.8. The Hall–Kier alpha value is -3.05. The number of aliphatic hydroxyl groups is 6. The van der Waals surface area contributed by atoms with E-state index in [0.717, 1.165) is 6.07 Å². The summed E-state index contributed by atoms with van der Waals surface area (Å²) in [5.74, 6) is -0.947. The molecule has 11 atom stereocenters. The SMILES string of the molecule is C[C@@H]1O[C@@H](O[C@H]2[C@H](Oc3cc(O)c4c(c3)O[C@H](c3ccc(O)cc3)CC4=O)O[C@@H](CO)[C@@H](O)[C@H]2O)[C@@H](O)[C@@H](O)[C@H]1O. The first-order valence-electron chi connectivity index (χ1n) is 13.0. The Balaban J connectivity index is 1.41. The van der Waals surface area contributed by atoms with Crippen molar-refractivity contribution in [1.82, 2.24) is 0 Å². The summed E-state index contributed by atoms with van der Waals surface area (Å²) in [6.07, 6.45) is -16.0. The number of ketones is 1. The van der Waals surface area contributed by atoms with Gasteiger partial charge in [0.15, 0.2) is 18.2 Å². The Morgan fingerprint density at radius 3 is 2.27 bits per heavy atom. The topological polar surface area (TPSA) is 225 Å². The van der Waals surface area contributed by atoms with Crippen molar-refractivity contribution in [2.75, 3.05) is 6.61 Å². The van der Waals surface area contributed by atoms with Crippen LogP contribution in [0, 0.1) is 0 Å². The largest absolute Gasteiger partial charge is 0.508 e. The van der Waals surface area contributed by atoms with Crippen LogP contribution in [0.3, 0.4) is 0 Å². The molecule has 5 rings (SSSR count). The third kappa shape index (κ3) is 5.70. The van der Waals surface area contributed by atoms with Crippen LogP contribution in [0.1, 0.15) is 35.4 Å². The monoisotopic (exact) mass is 580 g/mol. The lowest BCUT2D eigenvalue weighted by Crippen LogP contribution is -2.64. The minimum absolute atomic E-state index is 0.0149. The second-order valence-electron chi connectivity index (χ2n) is 10.2. The highest BCUT2D eigenvalue weighted by molar-refractivity contribution is 6.02. The third-order valence-electron chi connectivity index (χ3n) is 7.42. The summed E-state index contributed by atoms with van der Waals surface area (Å²) < 4.78 is 28.6. The molecule has 0 bridgehead atoms. The molecule has 2 fully saturated rings. The number of carbonyl (C=O) groups is 1. The first-order valence-corrected chi connectivity index (χ1v) is 13.0. The molecule has 0 unspecified atom stereocenters. The molecule has 3 heterocycles. The van der Waals surface area contributed by atoms with Gasteiger partial charge in [-0.1, -0.05) is 12.1 Å². The summed E-state index contributed by atoms with van der Waals surface area (Å²) >= 11 is 0. The zero-order chi connectivity index (χ0) is 29.6. The summed E-state index contributed by atoms with van der Waals surface area (Å²) in [7, 11) is 0. The van der Waals surface area contributed by atoms with Crippen LogP contribution in [0.15, 0.2) is 36.4 Å². The van der Waals surface area contributed by atoms with E-state index in [2.05, 4.69) is 0 Å². The molecule has 224 valence electrons. The Bertz CT molecular complexity index is 1240. The van der Waals surface area contributed by atoms with Crippen LogP contribution in [0.4, 0.5) is 0 Å². The molecule has 0 aromatic heterocycles. The Kier molecular flexibility index (Phi) is 8.39. The maximum Gasteiger partial charge on any atom is 0.229 e. The van der Waals surface area contributed by atoms with Crippen LogP contribution in [-0.4, -0.2) is 115 Å². The number of benzene rings is 2. The van der Waals surface area contributed by atoms with Gasteiger partial charge in [0.05, 0.1) is 19.1 Å². The summed E-state index contributed by atoms with van der Waals surface area (Å²) in [6.45, 7) is 0.716. The zero-order valence-electron chi connectivity index (χ0n) is 21.8. The molecule has 2 saturated heterocycles. The maximum atomic E-state index is 12.9. The number of hydrogen-bond acceptors (Lipinski definition) is 14. The molecule has 0 amide bonds. The van der Waals surface area contributed by atoms with Crippen molar-refractivity contribution in [3.05, 3.63) is 47.5 Å².